The van der Waals surface area contributed by atoms with Crippen molar-refractivity contribution in [2.24, 2.45) is 0 Å². The first-order valence-electron chi connectivity index (χ1n) is 6.73. The minimum Gasteiger partial charge on any atom is -0.465 e. The Hall–Kier alpha value is -1.48. The van der Waals surface area contributed by atoms with Crippen LogP contribution in [0.15, 0.2) is 30.3 Å². The van der Waals surface area contributed by atoms with E-state index in [1.807, 2.05) is 30.3 Å². The van der Waals surface area contributed by atoms with Gasteiger partial charge in [0.2, 0.25) is 10.0 Å². The summed E-state index contributed by atoms with van der Waals surface area (Å²) in [6, 6.07) is 8.58. The van der Waals surface area contributed by atoms with E-state index in [0.29, 0.717) is 0 Å². The van der Waals surface area contributed by atoms with Crippen molar-refractivity contribution in [2.75, 3.05) is 6.61 Å². The fourth-order valence-corrected chi connectivity index (χ4v) is 3.25. The Labute approximate surface area is 124 Å². The lowest BCUT2D eigenvalue weighted by Crippen LogP contribution is -2.43. The van der Waals surface area contributed by atoms with Gasteiger partial charge < -0.3 is 4.74 Å². The largest absolute Gasteiger partial charge is 0.465 e. The molecule has 2 rings (SSSR count). The zero-order valence-corrected chi connectivity index (χ0v) is 12.5. The number of hydrogen-bond acceptors (Lipinski definition) is 6. The van der Waals surface area contributed by atoms with Crippen LogP contribution < -0.4 is 15.6 Å². The normalized spacial score (nSPS) is 22.1. The van der Waals surface area contributed by atoms with Crippen molar-refractivity contribution >= 4 is 16.0 Å². The lowest BCUT2D eigenvalue weighted by atomic mass is 10.2. The minimum absolute atomic E-state index is 0.128. The molecule has 21 heavy (non-hydrogen) atoms. The molecule has 0 spiro atoms. The summed E-state index contributed by atoms with van der Waals surface area (Å²) in [6.45, 7) is 2.18. The first-order valence-corrected chi connectivity index (χ1v) is 8.27. The molecule has 2 atom stereocenters. The number of carbonyl (C=O) groups excluding carboxylic acids is 1. The number of benzene rings is 1. The monoisotopic (exact) mass is 313 g/mol. The second-order valence-corrected chi connectivity index (χ2v) is 6.62. The van der Waals surface area contributed by atoms with Crippen LogP contribution in [-0.4, -0.2) is 32.4 Å². The molecule has 1 fully saturated rings. The van der Waals surface area contributed by atoms with E-state index < -0.39 is 27.4 Å². The van der Waals surface area contributed by atoms with E-state index in [1.165, 1.54) is 0 Å². The molecule has 0 amide bonds. The van der Waals surface area contributed by atoms with Crippen LogP contribution in [0, 0.1) is 0 Å². The summed E-state index contributed by atoms with van der Waals surface area (Å²) in [5, 5.41) is -0.865. The van der Waals surface area contributed by atoms with E-state index >= 15 is 0 Å². The molecular weight excluding hydrogens is 294 g/mol. The van der Waals surface area contributed by atoms with Crippen molar-refractivity contribution in [1.29, 1.82) is 0 Å². The van der Waals surface area contributed by atoms with Gasteiger partial charge in [-0.15, -0.1) is 0 Å². The van der Waals surface area contributed by atoms with Crippen molar-refractivity contribution in [3.8, 4) is 0 Å². The van der Waals surface area contributed by atoms with Crippen LogP contribution >= 0.6 is 0 Å². The number of carbonyl (C=O) groups is 1. The van der Waals surface area contributed by atoms with Crippen LogP contribution in [0.3, 0.4) is 0 Å². The van der Waals surface area contributed by atoms with Crippen LogP contribution in [0.4, 0.5) is 0 Å². The number of hydrogen-bond donors (Lipinski definition) is 3. The molecule has 0 radical (unpaired) electrons. The molecule has 8 heteroatoms. The highest BCUT2D eigenvalue weighted by molar-refractivity contribution is 7.90. The molecule has 0 bridgehead atoms. The van der Waals surface area contributed by atoms with Crippen molar-refractivity contribution in [1.82, 2.24) is 15.6 Å². The quantitative estimate of drug-likeness (QED) is 0.633. The summed E-state index contributed by atoms with van der Waals surface area (Å²) < 4.78 is 31.7. The molecule has 1 aromatic carbocycles. The molecule has 116 valence electrons. The maximum Gasteiger partial charge on any atom is 0.324 e. The molecule has 1 aliphatic rings. The van der Waals surface area contributed by atoms with Gasteiger partial charge in [-0.05, 0) is 12.5 Å². The third-order valence-electron chi connectivity index (χ3n) is 3.13. The lowest BCUT2D eigenvalue weighted by molar-refractivity contribution is -0.145. The van der Waals surface area contributed by atoms with E-state index in [-0.39, 0.29) is 19.6 Å². The number of nitrogens with one attached hydrogen (secondary N) is 3. The second kappa shape index (κ2) is 6.99. The Morgan fingerprint density at radius 1 is 1.33 bits per heavy atom. The van der Waals surface area contributed by atoms with Gasteiger partial charge in [-0.1, -0.05) is 30.3 Å². The van der Waals surface area contributed by atoms with Crippen LogP contribution in [0.5, 0.6) is 0 Å². The second-order valence-electron chi connectivity index (χ2n) is 4.67. The molecule has 3 N–H and O–H groups in total. The Kier molecular flexibility index (Phi) is 5.29. The highest BCUT2D eigenvalue weighted by atomic mass is 32.2. The number of sulfonamides is 1. The number of esters is 1. The van der Waals surface area contributed by atoms with Gasteiger partial charge in [0.05, 0.1) is 6.61 Å². The molecular formula is C13H19N3O4S. The van der Waals surface area contributed by atoms with Crippen molar-refractivity contribution in [3.63, 3.8) is 0 Å². The third kappa shape index (κ3) is 4.24. The lowest BCUT2D eigenvalue weighted by Gasteiger charge is -2.12. The molecule has 0 aromatic heterocycles. The highest BCUT2D eigenvalue weighted by Gasteiger charge is 2.37. The highest BCUT2D eigenvalue weighted by Crippen LogP contribution is 2.12. The summed E-state index contributed by atoms with van der Waals surface area (Å²) in [6.07, 6.45) is 0.128. The molecule has 1 aromatic rings. The summed E-state index contributed by atoms with van der Waals surface area (Å²) in [4.78, 5) is 11.6. The average Bonchev–Trinajstić information content (AvgIpc) is 2.97. The molecule has 1 heterocycles. The van der Waals surface area contributed by atoms with Crippen molar-refractivity contribution in [2.45, 2.75) is 31.3 Å². The Morgan fingerprint density at radius 2 is 2.05 bits per heavy atom. The van der Waals surface area contributed by atoms with Gasteiger partial charge in [-0.3, -0.25) is 4.79 Å². The van der Waals surface area contributed by atoms with Crippen molar-refractivity contribution < 1.29 is 17.9 Å². The molecule has 1 saturated heterocycles. The van der Waals surface area contributed by atoms with Gasteiger partial charge in [0.25, 0.3) is 0 Å². The fraction of sp³-hybridized carbons (Fsp3) is 0.462. The van der Waals surface area contributed by atoms with Gasteiger partial charge in [-0.2, -0.15) is 0 Å². The van der Waals surface area contributed by atoms with Gasteiger partial charge in [0.1, 0.15) is 11.4 Å². The summed E-state index contributed by atoms with van der Waals surface area (Å²) in [5.41, 5.74) is 6.14. The SMILES string of the molecule is CCOC(=O)C1CC(S(=O)(=O)NCc2ccccc2)NN1. The van der Waals surface area contributed by atoms with E-state index in [9.17, 15) is 13.2 Å². The van der Waals surface area contributed by atoms with Crippen LogP contribution in [-0.2, 0) is 26.1 Å². The summed E-state index contributed by atoms with van der Waals surface area (Å²) >= 11 is 0. The van der Waals surface area contributed by atoms with Gasteiger partial charge in [0, 0.05) is 13.0 Å². The number of hydrazine groups is 1. The first-order chi connectivity index (χ1) is 10.0. The molecule has 0 aliphatic carbocycles. The fourth-order valence-electron chi connectivity index (χ4n) is 2.01. The van der Waals surface area contributed by atoms with E-state index in [1.54, 1.807) is 6.92 Å². The van der Waals surface area contributed by atoms with Gasteiger partial charge >= 0.3 is 5.97 Å². The number of rotatable bonds is 6. The standard InChI is InChI=1S/C13H19N3O4S/c1-2-20-13(17)11-8-12(16-15-11)21(18,19)14-9-10-6-4-3-5-7-10/h3-7,11-12,14-16H,2,8-9H2,1H3. The van der Waals surface area contributed by atoms with E-state index in [0.717, 1.165) is 5.56 Å². The summed E-state index contributed by atoms with van der Waals surface area (Å²) in [7, 11) is -3.57. The predicted octanol–water partition coefficient (Wildman–Crippen LogP) is -0.138. The maximum atomic E-state index is 12.2. The zero-order chi connectivity index (χ0) is 15.3. The molecule has 2 unspecified atom stereocenters. The van der Waals surface area contributed by atoms with Gasteiger partial charge in [0.15, 0.2) is 0 Å². The predicted molar refractivity (Wildman–Crippen MR) is 77.3 cm³/mol. The Morgan fingerprint density at radius 3 is 2.71 bits per heavy atom. The summed E-state index contributed by atoms with van der Waals surface area (Å²) in [5.74, 6) is -0.453. The maximum absolute atomic E-state index is 12.2. The third-order valence-corrected chi connectivity index (χ3v) is 4.74. The smallest absolute Gasteiger partial charge is 0.324 e. The van der Waals surface area contributed by atoms with Crippen LogP contribution in [0.25, 0.3) is 0 Å². The van der Waals surface area contributed by atoms with Gasteiger partial charge in [-0.25, -0.2) is 24.0 Å². The topological polar surface area (TPSA) is 96.5 Å². The number of ether oxygens (including phenoxy) is 1. The average molecular weight is 313 g/mol. The van der Waals surface area contributed by atoms with Crippen LogP contribution in [0.1, 0.15) is 18.9 Å². The molecule has 0 saturated carbocycles. The minimum atomic E-state index is -3.57. The Bertz CT molecular complexity index is 576. The Balaban J connectivity index is 1.90. The molecule has 7 nitrogen and oxygen atoms in total. The zero-order valence-electron chi connectivity index (χ0n) is 11.7. The van der Waals surface area contributed by atoms with Crippen LogP contribution in [0.2, 0.25) is 0 Å². The molecule has 1 aliphatic heterocycles. The first kappa shape index (κ1) is 15.9. The van der Waals surface area contributed by atoms with Crippen molar-refractivity contribution in [3.05, 3.63) is 35.9 Å². The van der Waals surface area contributed by atoms with E-state index in [2.05, 4.69) is 15.6 Å². The van der Waals surface area contributed by atoms with E-state index in [4.69, 9.17) is 4.74 Å².